The zero-order valence-corrected chi connectivity index (χ0v) is 12.0. The van der Waals surface area contributed by atoms with Gasteiger partial charge in [-0.3, -0.25) is 9.59 Å². The molecule has 2 fully saturated rings. The molecule has 1 aromatic rings. The average Bonchev–Trinajstić information content (AvgIpc) is 3.26. The minimum absolute atomic E-state index is 0.161. The van der Waals surface area contributed by atoms with Crippen molar-refractivity contribution in [2.75, 3.05) is 18.2 Å². The monoisotopic (exact) mass is 315 g/mol. The molecule has 0 saturated carbocycles. The second-order valence-corrected chi connectivity index (χ2v) is 6.20. The Hall–Kier alpha value is -2.54. The summed E-state index contributed by atoms with van der Waals surface area (Å²) in [5.41, 5.74) is -0.172. The maximum atomic E-state index is 12.9. The SMILES string of the molecule is O=C(O)[C@H]1[C@H]2C(=O)N(c3ccc4c(c3)OCO4)C[C@]23C=C[C@H]1O3. The Morgan fingerprint density at radius 3 is 2.96 bits per heavy atom. The third-order valence-electron chi connectivity index (χ3n) is 5.05. The van der Waals surface area contributed by atoms with E-state index in [2.05, 4.69) is 0 Å². The third kappa shape index (κ3) is 1.52. The van der Waals surface area contributed by atoms with Crippen molar-refractivity contribution >= 4 is 17.6 Å². The molecule has 4 aliphatic heterocycles. The molecule has 4 aliphatic rings. The molecule has 2 saturated heterocycles. The van der Waals surface area contributed by atoms with Crippen molar-refractivity contribution in [2.45, 2.75) is 11.7 Å². The summed E-state index contributed by atoms with van der Waals surface area (Å²) in [5.74, 6) is -1.50. The number of hydrogen-bond acceptors (Lipinski definition) is 5. The number of anilines is 1. The fraction of sp³-hybridized carbons (Fsp3) is 0.375. The van der Waals surface area contributed by atoms with Crippen molar-refractivity contribution in [3.63, 3.8) is 0 Å². The Labute approximate surface area is 131 Å². The van der Waals surface area contributed by atoms with Crippen LogP contribution in [0.4, 0.5) is 5.69 Å². The molecule has 1 N–H and O–H groups in total. The van der Waals surface area contributed by atoms with Gasteiger partial charge in [0.1, 0.15) is 11.5 Å². The number of benzene rings is 1. The van der Waals surface area contributed by atoms with Crippen LogP contribution >= 0.6 is 0 Å². The van der Waals surface area contributed by atoms with Crippen molar-refractivity contribution in [1.82, 2.24) is 0 Å². The summed E-state index contributed by atoms with van der Waals surface area (Å²) in [6, 6.07) is 5.26. The minimum atomic E-state index is -0.993. The van der Waals surface area contributed by atoms with Gasteiger partial charge in [-0.05, 0) is 12.1 Å². The molecule has 1 spiro atoms. The molecule has 7 heteroatoms. The topological polar surface area (TPSA) is 85.3 Å². The average molecular weight is 315 g/mol. The quantitative estimate of drug-likeness (QED) is 0.812. The normalized spacial score (nSPS) is 35.9. The molecule has 5 rings (SSSR count). The van der Waals surface area contributed by atoms with Crippen LogP contribution in [-0.4, -0.2) is 42.0 Å². The highest BCUT2D eigenvalue weighted by Crippen LogP contribution is 2.53. The summed E-state index contributed by atoms with van der Waals surface area (Å²) in [4.78, 5) is 26.0. The molecule has 1 aromatic carbocycles. The number of aliphatic carboxylic acids is 1. The van der Waals surface area contributed by atoms with Gasteiger partial charge in [0.2, 0.25) is 12.7 Å². The van der Waals surface area contributed by atoms with Crippen LogP contribution in [-0.2, 0) is 14.3 Å². The van der Waals surface area contributed by atoms with Crippen LogP contribution < -0.4 is 14.4 Å². The van der Waals surface area contributed by atoms with Gasteiger partial charge >= 0.3 is 5.97 Å². The van der Waals surface area contributed by atoms with E-state index >= 15 is 0 Å². The summed E-state index contributed by atoms with van der Waals surface area (Å²) >= 11 is 0. The van der Waals surface area contributed by atoms with E-state index in [1.54, 1.807) is 29.2 Å². The molecule has 0 radical (unpaired) electrons. The Bertz CT molecular complexity index is 774. The first-order chi connectivity index (χ1) is 11.1. The van der Waals surface area contributed by atoms with E-state index in [-0.39, 0.29) is 12.7 Å². The number of ether oxygens (including phenoxy) is 3. The number of fused-ring (bicyclic) bond motifs is 2. The third-order valence-corrected chi connectivity index (χ3v) is 5.05. The molecule has 118 valence electrons. The molecule has 4 atom stereocenters. The number of carbonyl (C=O) groups excluding carboxylic acids is 1. The van der Waals surface area contributed by atoms with Crippen LogP contribution in [0.15, 0.2) is 30.4 Å². The van der Waals surface area contributed by atoms with E-state index in [0.717, 1.165) is 0 Å². The predicted octanol–water partition coefficient (Wildman–Crippen LogP) is 0.786. The lowest BCUT2D eigenvalue weighted by molar-refractivity contribution is -0.146. The Kier molecular flexibility index (Phi) is 2.28. The standard InChI is InChI=1S/C16H13NO6/c18-14-13-12(15(19)20)10-3-4-16(13,23-10)6-17(14)8-1-2-9-11(5-8)22-7-21-9/h1-5,10,12-13H,6-7H2,(H,19,20)/t10-,12-,13+,16-/m1/s1. The lowest BCUT2D eigenvalue weighted by atomic mass is 9.77. The maximum Gasteiger partial charge on any atom is 0.310 e. The zero-order valence-electron chi connectivity index (χ0n) is 12.0. The van der Waals surface area contributed by atoms with Gasteiger partial charge in [-0.25, -0.2) is 0 Å². The zero-order chi connectivity index (χ0) is 15.8. The Morgan fingerprint density at radius 2 is 2.13 bits per heavy atom. The number of hydrogen-bond donors (Lipinski definition) is 1. The van der Waals surface area contributed by atoms with Gasteiger partial charge in [0.25, 0.3) is 0 Å². The van der Waals surface area contributed by atoms with Gasteiger partial charge in [0, 0.05) is 11.8 Å². The van der Waals surface area contributed by atoms with E-state index in [1.807, 2.05) is 6.08 Å². The maximum absolute atomic E-state index is 12.9. The summed E-state index contributed by atoms with van der Waals surface area (Å²) in [6.45, 7) is 0.473. The van der Waals surface area contributed by atoms with E-state index < -0.39 is 29.5 Å². The van der Waals surface area contributed by atoms with Gasteiger partial charge in [0.15, 0.2) is 11.5 Å². The first kappa shape index (κ1) is 13.0. The van der Waals surface area contributed by atoms with Gasteiger partial charge < -0.3 is 24.2 Å². The number of amides is 1. The lowest BCUT2D eigenvalue weighted by Crippen LogP contribution is -2.39. The summed E-state index contributed by atoms with van der Waals surface area (Å²) in [5, 5.41) is 9.46. The van der Waals surface area contributed by atoms with Crippen LogP contribution in [0.1, 0.15) is 0 Å². The molecular weight excluding hydrogens is 302 g/mol. The van der Waals surface area contributed by atoms with Crippen molar-refractivity contribution in [3.05, 3.63) is 30.4 Å². The van der Waals surface area contributed by atoms with Crippen molar-refractivity contribution in [2.24, 2.45) is 11.8 Å². The smallest absolute Gasteiger partial charge is 0.310 e. The van der Waals surface area contributed by atoms with Gasteiger partial charge in [-0.2, -0.15) is 0 Å². The van der Waals surface area contributed by atoms with E-state index in [0.29, 0.717) is 23.7 Å². The second kappa shape index (κ2) is 4.05. The van der Waals surface area contributed by atoms with Crippen LogP contribution in [0.25, 0.3) is 0 Å². The highest BCUT2D eigenvalue weighted by Gasteiger charge is 2.67. The highest BCUT2D eigenvalue weighted by atomic mass is 16.7. The molecule has 1 amide bonds. The summed E-state index contributed by atoms with van der Waals surface area (Å²) in [7, 11) is 0. The van der Waals surface area contributed by atoms with Crippen molar-refractivity contribution < 1.29 is 28.9 Å². The molecule has 0 aliphatic carbocycles. The number of carboxylic acid groups (broad SMARTS) is 1. The highest BCUT2D eigenvalue weighted by molar-refractivity contribution is 6.02. The van der Waals surface area contributed by atoms with Crippen molar-refractivity contribution in [3.8, 4) is 11.5 Å². The number of nitrogens with zero attached hydrogens (tertiary/aromatic N) is 1. The van der Waals surface area contributed by atoms with Crippen LogP contribution in [0, 0.1) is 11.8 Å². The van der Waals surface area contributed by atoms with Crippen LogP contribution in [0.5, 0.6) is 11.5 Å². The van der Waals surface area contributed by atoms with Crippen LogP contribution in [0.3, 0.4) is 0 Å². The van der Waals surface area contributed by atoms with E-state index in [4.69, 9.17) is 14.2 Å². The lowest BCUT2D eigenvalue weighted by Gasteiger charge is -2.21. The minimum Gasteiger partial charge on any atom is -0.481 e. The van der Waals surface area contributed by atoms with Gasteiger partial charge in [0.05, 0.1) is 18.6 Å². The first-order valence-corrected chi connectivity index (χ1v) is 7.40. The molecule has 7 nitrogen and oxygen atoms in total. The van der Waals surface area contributed by atoms with Crippen molar-refractivity contribution in [1.29, 1.82) is 0 Å². The Morgan fingerprint density at radius 1 is 1.30 bits per heavy atom. The fourth-order valence-electron chi connectivity index (χ4n) is 4.05. The number of rotatable bonds is 2. The number of carbonyl (C=O) groups is 2. The van der Waals surface area contributed by atoms with E-state index in [9.17, 15) is 14.7 Å². The van der Waals surface area contributed by atoms with Gasteiger partial charge in [-0.1, -0.05) is 12.2 Å². The molecule has 0 unspecified atom stereocenters. The van der Waals surface area contributed by atoms with E-state index in [1.165, 1.54) is 0 Å². The predicted molar refractivity (Wildman–Crippen MR) is 76.3 cm³/mol. The van der Waals surface area contributed by atoms with Gasteiger partial charge in [-0.15, -0.1) is 0 Å². The molecule has 4 heterocycles. The molecule has 0 aromatic heterocycles. The summed E-state index contributed by atoms with van der Waals surface area (Å²) in [6.07, 6.45) is 3.08. The Balaban J connectivity index is 1.54. The van der Waals surface area contributed by atoms with Crippen LogP contribution in [0.2, 0.25) is 0 Å². The fourth-order valence-corrected chi connectivity index (χ4v) is 4.05. The molecule has 23 heavy (non-hydrogen) atoms. The molecular formula is C16H13NO6. The summed E-state index contributed by atoms with van der Waals surface area (Å²) < 4.78 is 16.5. The number of carboxylic acids is 1. The largest absolute Gasteiger partial charge is 0.481 e. The first-order valence-electron chi connectivity index (χ1n) is 7.40. The molecule has 2 bridgehead atoms. The second-order valence-electron chi connectivity index (χ2n) is 6.20.